The van der Waals surface area contributed by atoms with Gasteiger partial charge < -0.3 is 4.42 Å². The third kappa shape index (κ3) is 2.93. The molecule has 0 unspecified atom stereocenters. The molecule has 1 saturated heterocycles. The van der Waals surface area contributed by atoms with Crippen LogP contribution in [0.5, 0.6) is 0 Å². The van der Waals surface area contributed by atoms with Crippen LogP contribution in [0, 0.1) is 5.82 Å². The largest absolute Gasteiger partial charge is 0.465 e. The molecule has 1 aliphatic rings. The summed E-state index contributed by atoms with van der Waals surface area (Å²) in [4.78, 5) is 25.6. The SMILES string of the molecule is O=C1SC(=Cc2ccco2)C(=O)N1Cc1ccc(F)cc1Cl. The Morgan fingerprint density at radius 1 is 1.32 bits per heavy atom. The maximum atomic E-state index is 13.0. The highest BCUT2D eigenvalue weighted by Crippen LogP contribution is 2.34. The van der Waals surface area contributed by atoms with Crippen molar-refractivity contribution in [1.29, 1.82) is 0 Å². The van der Waals surface area contributed by atoms with Gasteiger partial charge in [0.2, 0.25) is 0 Å². The van der Waals surface area contributed by atoms with Crippen molar-refractivity contribution < 1.29 is 18.4 Å². The van der Waals surface area contributed by atoms with Crippen LogP contribution < -0.4 is 0 Å². The number of halogens is 2. The van der Waals surface area contributed by atoms with Crippen molar-refractivity contribution in [2.75, 3.05) is 0 Å². The molecule has 1 aliphatic heterocycles. The van der Waals surface area contributed by atoms with Gasteiger partial charge in [-0.05, 0) is 41.6 Å². The fourth-order valence-electron chi connectivity index (χ4n) is 1.96. The Kier molecular flexibility index (Phi) is 4.04. The van der Waals surface area contributed by atoms with Crippen LogP contribution in [0.2, 0.25) is 5.02 Å². The molecule has 1 aromatic heterocycles. The Balaban J connectivity index is 1.83. The second-order valence-electron chi connectivity index (χ2n) is 4.52. The molecule has 0 spiro atoms. The zero-order chi connectivity index (χ0) is 15.7. The summed E-state index contributed by atoms with van der Waals surface area (Å²) in [5.74, 6) is -0.405. The third-order valence-electron chi connectivity index (χ3n) is 3.03. The summed E-state index contributed by atoms with van der Waals surface area (Å²) in [5, 5.41) is -0.225. The molecule has 7 heteroatoms. The molecule has 2 amide bonds. The van der Waals surface area contributed by atoms with Crippen LogP contribution in [-0.4, -0.2) is 16.0 Å². The van der Waals surface area contributed by atoms with Gasteiger partial charge in [-0.15, -0.1) is 0 Å². The highest BCUT2D eigenvalue weighted by molar-refractivity contribution is 8.18. The Labute approximate surface area is 134 Å². The summed E-state index contributed by atoms with van der Waals surface area (Å²) >= 11 is 6.76. The lowest BCUT2D eigenvalue weighted by molar-refractivity contribution is -0.123. The van der Waals surface area contributed by atoms with Gasteiger partial charge in [-0.2, -0.15) is 0 Å². The average Bonchev–Trinajstić information content (AvgIpc) is 3.06. The number of carbonyl (C=O) groups excluding carboxylic acids is 2. The van der Waals surface area contributed by atoms with E-state index in [9.17, 15) is 14.0 Å². The number of furan rings is 1. The average molecular weight is 338 g/mol. The molecule has 4 nitrogen and oxygen atoms in total. The minimum absolute atomic E-state index is 0.000719. The molecule has 0 aliphatic carbocycles. The fourth-order valence-corrected chi connectivity index (χ4v) is 3.00. The number of rotatable bonds is 3. The number of nitrogens with zero attached hydrogens (tertiary/aromatic N) is 1. The number of amides is 2. The van der Waals surface area contributed by atoms with E-state index in [0.29, 0.717) is 11.3 Å². The van der Waals surface area contributed by atoms with Crippen LogP contribution in [0.25, 0.3) is 6.08 Å². The first-order chi connectivity index (χ1) is 10.5. The minimum Gasteiger partial charge on any atom is -0.465 e. The Morgan fingerprint density at radius 2 is 2.14 bits per heavy atom. The van der Waals surface area contributed by atoms with E-state index in [1.807, 2.05) is 0 Å². The van der Waals surface area contributed by atoms with Crippen LogP contribution in [-0.2, 0) is 11.3 Å². The first-order valence-electron chi connectivity index (χ1n) is 6.27. The van der Waals surface area contributed by atoms with E-state index in [1.165, 1.54) is 24.5 Å². The van der Waals surface area contributed by atoms with Crippen molar-refractivity contribution >= 4 is 40.6 Å². The molecule has 0 N–H and O–H groups in total. The van der Waals surface area contributed by atoms with Gasteiger partial charge in [0.1, 0.15) is 11.6 Å². The van der Waals surface area contributed by atoms with Gasteiger partial charge in [0.25, 0.3) is 11.1 Å². The molecule has 0 bridgehead atoms. The molecule has 22 heavy (non-hydrogen) atoms. The molecule has 0 atom stereocenters. The Bertz CT molecular complexity index is 773. The summed E-state index contributed by atoms with van der Waals surface area (Å²) in [5.41, 5.74) is 0.504. The van der Waals surface area contributed by atoms with E-state index in [4.69, 9.17) is 16.0 Å². The molecular formula is C15H9ClFNO3S. The van der Waals surface area contributed by atoms with Crippen LogP contribution in [0.15, 0.2) is 45.9 Å². The van der Waals surface area contributed by atoms with Gasteiger partial charge in [0.05, 0.1) is 17.7 Å². The summed E-state index contributed by atoms with van der Waals surface area (Å²) < 4.78 is 18.2. The van der Waals surface area contributed by atoms with E-state index in [-0.39, 0.29) is 16.5 Å². The quantitative estimate of drug-likeness (QED) is 0.783. The van der Waals surface area contributed by atoms with Gasteiger partial charge in [0, 0.05) is 11.1 Å². The maximum Gasteiger partial charge on any atom is 0.293 e. The van der Waals surface area contributed by atoms with E-state index in [2.05, 4.69) is 0 Å². The second-order valence-corrected chi connectivity index (χ2v) is 5.92. The summed E-state index contributed by atoms with van der Waals surface area (Å²) in [6.07, 6.45) is 2.99. The predicted octanol–water partition coefficient (Wildman–Crippen LogP) is 4.31. The molecule has 2 aromatic rings. The third-order valence-corrected chi connectivity index (χ3v) is 4.29. The van der Waals surface area contributed by atoms with Gasteiger partial charge >= 0.3 is 0 Å². The maximum absolute atomic E-state index is 13.0. The number of imide groups is 1. The van der Waals surface area contributed by atoms with Crippen molar-refractivity contribution in [2.45, 2.75) is 6.54 Å². The molecule has 3 rings (SSSR count). The minimum atomic E-state index is -0.472. The van der Waals surface area contributed by atoms with E-state index in [1.54, 1.807) is 12.1 Å². The van der Waals surface area contributed by atoms with E-state index < -0.39 is 17.0 Å². The molecule has 1 fully saturated rings. The molecule has 0 radical (unpaired) electrons. The molecule has 0 saturated carbocycles. The van der Waals surface area contributed by atoms with Crippen LogP contribution in [0.3, 0.4) is 0 Å². The zero-order valence-electron chi connectivity index (χ0n) is 11.1. The number of hydrogen-bond donors (Lipinski definition) is 0. The highest BCUT2D eigenvalue weighted by Gasteiger charge is 2.35. The van der Waals surface area contributed by atoms with Gasteiger partial charge in [-0.1, -0.05) is 17.7 Å². The molecular weight excluding hydrogens is 329 g/mol. The Morgan fingerprint density at radius 3 is 2.82 bits per heavy atom. The second kappa shape index (κ2) is 5.98. The van der Waals surface area contributed by atoms with Crippen LogP contribution in [0.1, 0.15) is 11.3 Å². The number of hydrogen-bond acceptors (Lipinski definition) is 4. The number of carbonyl (C=O) groups is 2. The van der Waals surface area contributed by atoms with Crippen LogP contribution in [0.4, 0.5) is 9.18 Å². The van der Waals surface area contributed by atoms with Crippen LogP contribution >= 0.6 is 23.4 Å². The number of benzene rings is 1. The van der Waals surface area contributed by atoms with Crippen molar-refractivity contribution in [2.24, 2.45) is 0 Å². The molecule has 2 heterocycles. The van der Waals surface area contributed by atoms with Crippen molar-refractivity contribution in [3.63, 3.8) is 0 Å². The van der Waals surface area contributed by atoms with E-state index >= 15 is 0 Å². The monoisotopic (exact) mass is 337 g/mol. The number of thioether (sulfide) groups is 1. The van der Waals surface area contributed by atoms with Gasteiger partial charge in [-0.3, -0.25) is 14.5 Å². The first kappa shape index (κ1) is 14.9. The van der Waals surface area contributed by atoms with E-state index in [0.717, 1.165) is 22.7 Å². The van der Waals surface area contributed by atoms with Gasteiger partial charge in [-0.25, -0.2) is 4.39 Å². The van der Waals surface area contributed by atoms with Gasteiger partial charge in [0.15, 0.2) is 0 Å². The van der Waals surface area contributed by atoms with Crippen molar-refractivity contribution in [3.8, 4) is 0 Å². The summed E-state index contributed by atoms with van der Waals surface area (Å²) in [7, 11) is 0. The lowest BCUT2D eigenvalue weighted by Gasteiger charge is -2.13. The standard InChI is InChI=1S/C15H9ClFNO3S/c16-12-6-10(17)4-3-9(12)8-18-14(19)13(22-15(18)20)7-11-2-1-5-21-11/h1-7H,8H2. The summed E-state index contributed by atoms with van der Waals surface area (Å²) in [6, 6.07) is 7.21. The fraction of sp³-hybridized carbons (Fsp3) is 0.0667. The topological polar surface area (TPSA) is 50.5 Å². The first-order valence-corrected chi connectivity index (χ1v) is 7.47. The van der Waals surface area contributed by atoms with Crippen molar-refractivity contribution in [1.82, 2.24) is 4.90 Å². The summed E-state index contributed by atoms with van der Waals surface area (Å²) in [6.45, 7) is -0.000719. The normalized spacial score (nSPS) is 16.8. The highest BCUT2D eigenvalue weighted by atomic mass is 35.5. The lowest BCUT2D eigenvalue weighted by atomic mass is 10.2. The smallest absolute Gasteiger partial charge is 0.293 e. The Hall–Kier alpha value is -2.05. The lowest BCUT2D eigenvalue weighted by Crippen LogP contribution is -2.27. The molecule has 1 aromatic carbocycles. The molecule has 112 valence electrons. The predicted molar refractivity (Wildman–Crippen MR) is 81.6 cm³/mol. The van der Waals surface area contributed by atoms with Crippen molar-refractivity contribution in [3.05, 3.63) is 63.7 Å². The zero-order valence-corrected chi connectivity index (χ0v) is 12.7.